The Labute approximate surface area is 212 Å². The van der Waals surface area contributed by atoms with Gasteiger partial charge in [-0.25, -0.2) is 0 Å². The second-order valence-electron chi connectivity index (χ2n) is 7.22. The highest BCUT2D eigenvalue weighted by Gasteiger charge is 2.28. The summed E-state index contributed by atoms with van der Waals surface area (Å²) in [6.07, 6.45) is 1.82. The molecule has 0 radical (unpaired) electrons. The first-order chi connectivity index (χ1) is 15.8. The van der Waals surface area contributed by atoms with E-state index in [0.717, 1.165) is 24.9 Å². The van der Waals surface area contributed by atoms with Crippen LogP contribution in [-0.4, -0.2) is 16.5 Å². The SMILES string of the molecule is CC1=NN(c2ccccc2)C(=O)/C1=C/c1cc(Br)c(OCc2ccc([N+](=O)[O-])cc2)c(I)c1. The Hall–Kier alpha value is -3.05. The van der Waals surface area contributed by atoms with Gasteiger partial charge in [-0.3, -0.25) is 14.9 Å². The Kier molecular flexibility index (Phi) is 6.89. The number of carbonyl (C=O) groups excluding carboxylic acids is 1. The molecule has 0 aromatic heterocycles. The van der Waals surface area contributed by atoms with Crippen LogP contribution in [0.15, 0.2) is 81.9 Å². The van der Waals surface area contributed by atoms with Crippen LogP contribution in [0.4, 0.5) is 11.4 Å². The lowest BCUT2D eigenvalue weighted by Crippen LogP contribution is -2.21. The minimum absolute atomic E-state index is 0.0398. The number of hydrogen-bond donors (Lipinski definition) is 0. The first-order valence-corrected chi connectivity index (χ1v) is 11.7. The van der Waals surface area contributed by atoms with Crippen molar-refractivity contribution in [3.8, 4) is 5.75 Å². The maximum absolute atomic E-state index is 12.9. The van der Waals surface area contributed by atoms with Gasteiger partial charge in [-0.05, 0) is 99.0 Å². The molecule has 0 unspecified atom stereocenters. The summed E-state index contributed by atoms with van der Waals surface area (Å²) in [7, 11) is 0. The van der Waals surface area contributed by atoms with Crippen molar-refractivity contribution in [2.75, 3.05) is 5.01 Å². The molecule has 1 aliphatic heterocycles. The van der Waals surface area contributed by atoms with Crippen molar-refractivity contribution in [3.05, 3.63) is 102 Å². The molecule has 1 amide bonds. The normalized spacial score (nSPS) is 14.5. The van der Waals surface area contributed by atoms with Gasteiger partial charge in [0.15, 0.2) is 0 Å². The Morgan fingerprint density at radius 1 is 1.15 bits per heavy atom. The Morgan fingerprint density at radius 2 is 1.85 bits per heavy atom. The average Bonchev–Trinajstić information content (AvgIpc) is 3.08. The van der Waals surface area contributed by atoms with Gasteiger partial charge in [0, 0.05) is 12.1 Å². The zero-order chi connectivity index (χ0) is 23.5. The average molecular weight is 618 g/mol. The van der Waals surface area contributed by atoms with E-state index in [1.54, 1.807) is 12.1 Å². The third kappa shape index (κ3) is 5.14. The Bertz CT molecular complexity index is 1270. The third-order valence-corrected chi connectivity index (χ3v) is 6.32. The van der Waals surface area contributed by atoms with E-state index in [-0.39, 0.29) is 18.2 Å². The summed E-state index contributed by atoms with van der Waals surface area (Å²) in [5, 5.41) is 16.6. The van der Waals surface area contributed by atoms with Crippen LogP contribution in [0.2, 0.25) is 0 Å². The quantitative estimate of drug-likeness (QED) is 0.140. The predicted molar refractivity (Wildman–Crippen MR) is 139 cm³/mol. The van der Waals surface area contributed by atoms with Crippen molar-refractivity contribution in [2.45, 2.75) is 13.5 Å². The standard InChI is InChI=1S/C24H17BrIN3O4/c1-15-20(24(30)28(27-15)18-5-3-2-4-6-18)11-17-12-21(25)23(22(26)13-17)33-14-16-7-9-19(10-8-16)29(31)32/h2-13H,14H2,1H3/b20-11+. The number of para-hydroxylation sites is 1. The third-order valence-electron chi connectivity index (χ3n) is 4.93. The molecule has 0 saturated carbocycles. The maximum Gasteiger partial charge on any atom is 0.280 e. The first kappa shape index (κ1) is 23.1. The van der Waals surface area contributed by atoms with Crippen LogP contribution in [0, 0.1) is 13.7 Å². The van der Waals surface area contributed by atoms with Gasteiger partial charge in [-0.15, -0.1) is 0 Å². The molecule has 0 spiro atoms. The second-order valence-corrected chi connectivity index (χ2v) is 9.24. The molecule has 4 rings (SSSR count). The molecule has 0 bridgehead atoms. The van der Waals surface area contributed by atoms with Crippen LogP contribution in [-0.2, 0) is 11.4 Å². The molecule has 9 heteroatoms. The summed E-state index contributed by atoms with van der Waals surface area (Å²) in [4.78, 5) is 23.3. The first-order valence-electron chi connectivity index (χ1n) is 9.85. The number of non-ortho nitro benzene ring substituents is 1. The number of nitro groups is 1. The van der Waals surface area contributed by atoms with Crippen LogP contribution >= 0.6 is 38.5 Å². The zero-order valence-corrected chi connectivity index (χ0v) is 21.1. The number of anilines is 1. The molecule has 0 fully saturated rings. The van der Waals surface area contributed by atoms with Crippen molar-refractivity contribution in [2.24, 2.45) is 5.10 Å². The highest BCUT2D eigenvalue weighted by atomic mass is 127. The highest BCUT2D eigenvalue weighted by molar-refractivity contribution is 14.1. The lowest BCUT2D eigenvalue weighted by molar-refractivity contribution is -0.384. The van der Waals surface area contributed by atoms with Crippen molar-refractivity contribution in [3.63, 3.8) is 0 Å². The number of rotatable bonds is 6. The van der Waals surface area contributed by atoms with Crippen LogP contribution in [0.1, 0.15) is 18.1 Å². The molecule has 166 valence electrons. The van der Waals surface area contributed by atoms with Crippen molar-refractivity contribution >= 4 is 67.6 Å². The molecule has 7 nitrogen and oxygen atoms in total. The summed E-state index contributed by atoms with van der Waals surface area (Å²) in [5.41, 5.74) is 3.59. The van der Waals surface area contributed by atoms with E-state index in [2.05, 4.69) is 43.6 Å². The Morgan fingerprint density at radius 3 is 2.48 bits per heavy atom. The molecule has 0 saturated heterocycles. The summed E-state index contributed by atoms with van der Waals surface area (Å²) in [6, 6.07) is 19.4. The molecule has 3 aromatic rings. The van der Waals surface area contributed by atoms with Crippen LogP contribution < -0.4 is 9.75 Å². The fraction of sp³-hybridized carbons (Fsp3) is 0.0833. The maximum atomic E-state index is 12.9. The number of hydrazone groups is 1. The highest BCUT2D eigenvalue weighted by Crippen LogP contribution is 2.34. The fourth-order valence-corrected chi connectivity index (χ4v) is 5.03. The van der Waals surface area contributed by atoms with Gasteiger partial charge in [0.05, 0.1) is 29.9 Å². The summed E-state index contributed by atoms with van der Waals surface area (Å²) in [6.45, 7) is 2.08. The van der Waals surface area contributed by atoms with Crippen molar-refractivity contribution < 1.29 is 14.5 Å². The van der Waals surface area contributed by atoms with Gasteiger partial charge in [0.2, 0.25) is 0 Å². The fourth-order valence-electron chi connectivity index (χ4n) is 3.27. The monoisotopic (exact) mass is 617 g/mol. The van der Waals surface area contributed by atoms with Gasteiger partial charge in [0.1, 0.15) is 12.4 Å². The number of nitro benzene ring substituents is 1. The molecule has 3 aromatic carbocycles. The minimum atomic E-state index is -0.433. The smallest absolute Gasteiger partial charge is 0.280 e. The van der Waals surface area contributed by atoms with Crippen molar-refractivity contribution in [1.29, 1.82) is 0 Å². The molecule has 0 atom stereocenters. The topological polar surface area (TPSA) is 85.0 Å². The summed E-state index contributed by atoms with van der Waals surface area (Å²) < 4.78 is 7.55. The van der Waals surface area contributed by atoms with Gasteiger partial charge in [0.25, 0.3) is 11.6 Å². The molecule has 33 heavy (non-hydrogen) atoms. The van der Waals surface area contributed by atoms with E-state index in [1.165, 1.54) is 17.1 Å². The predicted octanol–water partition coefficient (Wildman–Crippen LogP) is 6.35. The molecular formula is C24H17BrIN3O4. The van der Waals surface area contributed by atoms with E-state index >= 15 is 0 Å². The van der Waals surface area contributed by atoms with Gasteiger partial charge in [-0.1, -0.05) is 18.2 Å². The number of benzene rings is 3. The van der Waals surface area contributed by atoms with E-state index in [4.69, 9.17) is 4.74 Å². The lowest BCUT2D eigenvalue weighted by atomic mass is 10.1. The largest absolute Gasteiger partial charge is 0.487 e. The van der Waals surface area contributed by atoms with Crippen LogP contribution in [0.5, 0.6) is 5.75 Å². The minimum Gasteiger partial charge on any atom is -0.487 e. The number of halogens is 2. The summed E-state index contributed by atoms with van der Waals surface area (Å²) >= 11 is 5.74. The number of carbonyl (C=O) groups is 1. The molecule has 0 aliphatic carbocycles. The molecule has 1 heterocycles. The molecular weight excluding hydrogens is 601 g/mol. The van der Waals surface area contributed by atoms with E-state index in [1.807, 2.05) is 55.5 Å². The van der Waals surface area contributed by atoms with Crippen LogP contribution in [0.25, 0.3) is 6.08 Å². The van der Waals surface area contributed by atoms with Gasteiger partial charge in [-0.2, -0.15) is 10.1 Å². The summed E-state index contributed by atoms with van der Waals surface area (Å²) in [5.74, 6) is 0.480. The van der Waals surface area contributed by atoms with Crippen molar-refractivity contribution in [1.82, 2.24) is 0 Å². The molecule has 1 aliphatic rings. The van der Waals surface area contributed by atoms with E-state index in [0.29, 0.717) is 17.0 Å². The van der Waals surface area contributed by atoms with Gasteiger partial charge < -0.3 is 4.74 Å². The number of ether oxygens (including phenoxy) is 1. The van der Waals surface area contributed by atoms with Gasteiger partial charge >= 0.3 is 0 Å². The number of hydrogen-bond acceptors (Lipinski definition) is 5. The Balaban J connectivity index is 1.52. The van der Waals surface area contributed by atoms with E-state index < -0.39 is 4.92 Å². The number of amides is 1. The second kappa shape index (κ2) is 9.84. The van der Waals surface area contributed by atoms with Crippen LogP contribution in [0.3, 0.4) is 0 Å². The zero-order valence-electron chi connectivity index (χ0n) is 17.4. The molecule has 0 N–H and O–H groups in total. The lowest BCUT2D eigenvalue weighted by Gasteiger charge is -2.12. The number of nitrogens with zero attached hydrogens (tertiary/aromatic N) is 3. The van der Waals surface area contributed by atoms with E-state index in [9.17, 15) is 14.9 Å².